The van der Waals surface area contributed by atoms with E-state index in [1.165, 1.54) is 18.2 Å². The zero-order valence-corrected chi connectivity index (χ0v) is 12.5. The quantitative estimate of drug-likeness (QED) is 0.721. The Kier molecular flexibility index (Phi) is 4.52. The van der Waals surface area contributed by atoms with Gasteiger partial charge in [0, 0.05) is 12.3 Å². The summed E-state index contributed by atoms with van der Waals surface area (Å²) in [6.45, 7) is 0.820. The van der Waals surface area contributed by atoms with E-state index >= 15 is 0 Å². The van der Waals surface area contributed by atoms with Crippen LogP contribution in [-0.2, 0) is 13.2 Å². The van der Waals surface area contributed by atoms with Crippen molar-refractivity contribution < 1.29 is 9.13 Å². The van der Waals surface area contributed by atoms with Gasteiger partial charge in [0.05, 0.1) is 6.54 Å². The molecule has 3 aromatic rings. The van der Waals surface area contributed by atoms with E-state index in [1.807, 2.05) is 30.3 Å². The lowest BCUT2D eigenvalue weighted by Crippen LogP contribution is -2.19. The van der Waals surface area contributed by atoms with E-state index in [4.69, 9.17) is 4.74 Å². The Morgan fingerprint density at radius 3 is 2.35 bits per heavy atom. The molecule has 1 heterocycles. The van der Waals surface area contributed by atoms with Gasteiger partial charge in [-0.25, -0.2) is 4.39 Å². The molecule has 0 saturated heterocycles. The number of pyridine rings is 1. The average Bonchev–Trinajstić information content (AvgIpc) is 2.58. The van der Waals surface area contributed by atoms with Crippen LogP contribution in [0.5, 0.6) is 5.75 Å². The first-order chi connectivity index (χ1) is 11.2. The van der Waals surface area contributed by atoms with Gasteiger partial charge in [0.2, 0.25) is 0 Å². The van der Waals surface area contributed by atoms with E-state index in [-0.39, 0.29) is 11.4 Å². The highest BCUT2D eigenvalue weighted by Crippen LogP contribution is 2.11. The van der Waals surface area contributed by atoms with Gasteiger partial charge in [-0.05, 0) is 29.3 Å². The zero-order valence-electron chi connectivity index (χ0n) is 12.5. The third-order valence-corrected chi connectivity index (χ3v) is 3.48. The molecule has 0 aliphatic rings. The molecule has 0 saturated carbocycles. The average molecular weight is 309 g/mol. The van der Waals surface area contributed by atoms with Gasteiger partial charge in [-0.15, -0.1) is 0 Å². The van der Waals surface area contributed by atoms with Crippen molar-refractivity contribution in [3.8, 4) is 5.75 Å². The lowest BCUT2D eigenvalue weighted by Gasteiger charge is -2.09. The van der Waals surface area contributed by atoms with E-state index in [9.17, 15) is 9.18 Å². The van der Waals surface area contributed by atoms with Crippen molar-refractivity contribution >= 4 is 0 Å². The maximum absolute atomic E-state index is 12.9. The summed E-state index contributed by atoms with van der Waals surface area (Å²) in [6.07, 6.45) is 1.69. The van der Waals surface area contributed by atoms with E-state index in [0.717, 1.165) is 11.1 Å². The lowest BCUT2D eigenvalue weighted by atomic mass is 10.2. The van der Waals surface area contributed by atoms with Gasteiger partial charge in [0.15, 0.2) is 0 Å². The van der Waals surface area contributed by atoms with Crippen molar-refractivity contribution in [3.63, 3.8) is 0 Å². The summed E-state index contributed by atoms with van der Waals surface area (Å²) in [5.74, 6) is 0.250. The van der Waals surface area contributed by atoms with Crippen LogP contribution >= 0.6 is 0 Å². The third-order valence-electron chi connectivity index (χ3n) is 3.48. The monoisotopic (exact) mass is 309 g/mol. The first-order valence-electron chi connectivity index (χ1n) is 7.32. The summed E-state index contributed by atoms with van der Waals surface area (Å²) in [5.41, 5.74) is 1.76. The van der Waals surface area contributed by atoms with E-state index in [2.05, 4.69) is 0 Å². The second-order valence-corrected chi connectivity index (χ2v) is 5.23. The van der Waals surface area contributed by atoms with Crippen LogP contribution in [0, 0.1) is 5.82 Å². The molecule has 23 heavy (non-hydrogen) atoms. The minimum absolute atomic E-state index is 0.153. The Hall–Kier alpha value is -2.88. The molecule has 0 bridgehead atoms. The normalized spacial score (nSPS) is 10.5. The molecule has 4 heteroatoms. The van der Waals surface area contributed by atoms with Crippen molar-refractivity contribution in [1.82, 2.24) is 4.57 Å². The largest absolute Gasteiger partial charge is 0.489 e. The molecule has 3 nitrogen and oxygen atoms in total. The Bertz CT molecular complexity index is 826. The van der Waals surface area contributed by atoms with Crippen LogP contribution in [-0.4, -0.2) is 4.57 Å². The third kappa shape index (κ3) is 4.07. The highest BCUT2D eigenvalue weighted by molar-refractivity contribution is 5.22. The van der Waals surface area contributed by atoms with Crippen molar-refractivity contribution in [2.75, 3.05) is 0 Å². The molecule has 0 atom stereocenters. The number of halogens is 1. The maximum atomic E-state index is 12.9. The molecule has 2 aromatic carbocycles. The van der Waals surface area contributed by atoms with E-state index < -0.39 is 0 Å². The van der Waals surface area contributed by atoms with Crippen LogP contribution < -0.4 is 10.3 Å². The first kappa shape index (κ1) is 15.0. The summed E-state index contributed by atoms with van der Waals surface area (Å²) >= 11 is 0. The Balaban J connectivity index is 1.68. The summed E-state index contributed by atoms with van der Waals surface area (Å²) in [6, 6.07) is 19.1. The van der Waals surface area contributed by atoms with Crippen LogP contribution in [0.15, 0.2) is 77.7 Å². The molecule has 0 aliphatic carbocycles. The summed E-state index contributed by atoms with van der Waals surface area (Å²) in [5, 5.41) is 0. The number of aromatic nitrogens is 1. The standard InChI is InChI=1S/C19H16FNO2/c20-17-8-6-15(7-9-17)13-21-11-10-18(12-19(21)22)23-14-16-4-2-1-3-5-16/h1-12H,13-14H2. The van der Waals surface area contributed by atoms with Gasteiger partial charge in [0.25, 0.3) is 5.56 Å². The molecule has 0 unspecified atom stereocenters. The minimum atomic E-state index is -0.286. The molecular formula is C19H16FNO2. The van der Waals surface area contributed by atoms with Gasteiger partial charge in [-0.1, -0.05) is 42.5 Å². The summed E-state index contributed by atoms with van der Waals surface area (Å²) in [7, 11) is 0. The highest BCUT2D eigenvalue weighted by atomic mass is 19.1. The molecule has 0 radical (unpaired) electrons. The van der Waals surface area contributed by atoms with Gasteiger partial charge in [-0.2, -0.15) is 0 Å². The van der Waals surface area contributed by atoms with E-state index in [1.54, 1.807) is 29.0 Å². The molecule has 0 fully saturated rings. The predicted octanol–water partition coefficient (Wildman–Crippen LogP) is 3.61. The first-order valence-corrected chi connectivity index (χ1v) is 7.32. The molecule has 116 valence electrons. The highest BCUT2D eigenvalue weighted by Gasteiger charge is 2.02. The number of hydrogen-bond acceptors (Lipinski definition) is 2. The molecule has 1 aromatic heterocycles. The maximum Gasteiger partial charge on any atom is 0.254 e. The Morgan fingerprint density at radius 2 is 1.65 bits per heavy atom. The number of hydrogen-bond donors (Lipinski definition) is 0. The van der Waals surface area contributed by atoms with Crippen molar-refractivity contribution in [2.24, 2.45) is 0 Å². The Morgan fingerprint density at radius 1 is 0.913 bits per heavy atom. The fourth-order valence-corrected chi connectivity index (χ4v) is 2.24. The molecule has 0 N–H and O–H groups in total. The van der Waals surface area contributed by atoms with Crippen LogP contribution in [0.4, 0.5) is 4.39 Å². The van der Waals surface area contributed by atoms with Crippen molar-refractivity contribution in [1.29, 1.82) is 0 Å². The zero-order chi connectivity index (χ0) is 16.1. The van der Waals surface area contributed by atoms with Gasteiger partial charge >= 0.3 is 0 Å². The van der Waals surface area contributed by atoms with Crippen LogP contribution in [0.2, 0.25) is 0 Å². The molecule has 0 amide bonds. The van der Waals surface area contributed by atoms with E-state index in [0.29, 0.717) is 18.9 Å². The number of rotatable bonds is 5. The van der Waals surface area contributed by atoms with Crippen LogP contribution in [0.25, 0.3) is 0 Å². The van der Waals surface area contributed by atoms with Crippen LogP contribution in [0.1, 0.15) is 11.1 Å². The lowest BCUT2D eigenvalue weighted by molar-refractivity contribution is 0.305. The Labute approximate surface area is 133 Å². The fourth-order valence-electron chi connectivity index (χ4n) is 2.24. The van der Waals surface area contributed by atoms with Crippen LogP contribution in [0.3, 0.4) is 0 Å². The SMILES string of the molecule is O=c1cc(OCc2ccccc2)ccn1Cc1ccc(F)cc1. The van der Waals surface area contributed by atoms with Gasteiger partial charge < -0.3 is 9.30 Å². The predicted molar refractivity (Wildman–Crippen MR) is 87.0 cm³/mol. The molecule has 3 rings (SSSR count). The van der Waals surface area contributed by atoms with Gasteiger partial charge in [0.1, 0.15) is 18.2 Å². The molecular weight excluding hydrogens is 293 g/mol. The molecule has 0 aliphatic heterocycles. The number of ether oxygens (including phenoxy) is 1. The second kappa shape index (κ2) is 6.92. The number of nitrogens with zero attached hydrogens (tertiary/aromatic N) is 1. The second-order valence-electron chi connectivity index (χ2n) is 5.23. The van der Waals surface area contributed by atoms with Gasteiger partial charge in [-0.3, -0.25) is 4.79 Å². The number of benzene rings is 2. The molecule has 0 spiro atoms. The summed E-state index contributed by atoms with van der Waals surface area (Å²) in [4.78, 5) is 12.1. The smallest absolute Gasteiger partial charge is 0.254 e. The van der Waals surface area contributed by atoms with Crippen molar-refractivity contribution in [2.45, 2.75) is 13.2 Å². The topological polar surface area (TPSA) is 31.2 Å². The van der Waals surface area contributed by atoms with Crippen molar-refractivity contribution in [3.05, 3.63) is 100 Å². The minimum Gasteiger partial charge on any atom is -0.489 e. The summed E-state index contributed by atoms with van der Waals surface area (Å²) < 4.78 is 20.1. The fraction of sp³-hybridized carbons (Fsp3) is 0.105.